The Labute approximate surface area is 108 Å². The van der Waals surface area contributed by atoms with Crippen molar-refractivity contribution in [2.75, 3.05) is 0 Å². The molecule has 18 heavy (non-hydrogen) atoms. The van der Waals surface area contributed by atoms with E-state index >= 15 is 0 Å². The summed E-state index contributed by atoms with van der Waals surface area (Å²) in [6, 6.07) is 8.38. The SMILES string of the molecule is CC(CC1CC1)NCc1ccc(CC(=O)O)cc1. The summed E-state index contributed by atoms with van der Waals surface area (Å²) < 4.78 is 0. The lowest BCUT2D eigenvalue weighted by Gasteiger charge is -2.13. The van der Waals surface area contributed by atoms with Gasteiger partial charge >= 0.3 is 5.97 Å². The summed E-state index contributed by atoms with van der Waals surface area (Å²) >= 11 is 0. The molecule has 1 fully saturated rings. The maximum absolute atomic E-state index is 10.6. The first-order chi connectivity index (χ1) is 8.63. The average Bonchev–Trinajstić information content (AvgIpc) is 3.11. The normalized spacial score (nSPS) is 16.5. The molecule has 0 bridgehead atoms. The molecule has 1 aromatic carbocycles. The van der Waals surface area contributed by atoms with Crippen molar-refractivity contribution in [1.29, 1.82) is 0 Å². The zero-order chi connectivity index (χ0) is 13.0. The highest BCUT2D eigenvalue weighted by atomic mass is 16.4. The van der Waals surface area contributed by atoms with Gasteiger partial charge in [-0.25, -0.2) is 0 Å². The molecule has 98 valence electrons. The summed E-state index contributed by atoms with van der Waals surface area (Å²) in [6.07, 6.45) is 4.18. The van der Waals surface area contributed by atoms with Gasteiger partial charge in [0.25, 0.3) is 0 Å². The molecule has 1 unspecified atom stereocenters. The van der Waals surface area contributed by atoms with Gasteiger partial charge in [0.2, 0.25) is 0 Å². The smallest absolute Gasteiger partial charge is 0.307 e. The third-order valence-electron chi connectivity index (χ3n) is 3.42. The number of hydrogen-bond acceptors (Lipinski definition) is 2. The molecule has 0 radical (unpaired) electrons. The van der Waals surface area contributed by atoms with Crippen LogP contribution < -0.4 is 5.32 Å². The summed E-state index contributed by atoms with van der Waals surface area (Å²) in [5.74, 6) is 0.171. The first-order valence-electron chi connectivity index (χ1n) is 6.66. The zero-order valence-electron chi connectivity index (χ0n) is 10.9. The predicted octanol–water partition coefficient (Wildman–Crippen LogP) is 2.59. The van der Waals surface area contributed by atoms with Gasteiger partial charge in [0.1, 0.15) is 0 Å². The zero-order valence-corrected chi connectivity index (χ0v) is 10.9. The molecule has 2 N–H and O–H groups in total. The maximum Gasteiger partial charge on any atom is 0.307 e. The second kappa shape index (κ2) is 6.01. The molecule has 0 heterocycles. The minimum Gasteiger partial charge on any atom is -0.481 e. The van der Waals surface area contributed by atoms with Crippen LogP contribution >= 0.6 is 0 Å². The number of nitrogens with one attached hydrogen (secondary N) is 1. The van der Waals surface area contributed by atoms with Crippen LogP contribution in [0.5, 0.6) is 0 Å². The standard InChI is InChI=1S/C15H21NO2/c1-11(8-12-2-3-12)16-10-14-6-4-13(5-7-14)9-15(17)18/h4-7,11-12,16H,2-3,8-10H2,1H3,(H,17,18). The van der Waals surface area contributed by atoms with E-state index in [1.807, 2.05) is 24.3 Å². The molecular weight excluding hydrogens is 226 g/mol. The van der Waals surface area contributed by atoms with E-state index in [-0.39, 0.29) is 6.42 Å². The minimum atomic E-state index is -0.779. The topological polar surface area (TPSA) is 49.3 Å². The van der Waals surface area contributed by atoms with Crippen LogP contribution in [0, 0.1) is 5.92 Å². The molecule has 0 spiro atoms. The highest BCUT2D eigenvalue weighted by molar-refractivity contribution is 5.70. The van der Waals surface area contributed by atoms with Gasteiger partial charge < -0.3 is 10.4 Å². The summed E-state index contributed by atoms with van der Waals surface area (Å²) in [4.78, 5) is 10.6. The molecule has 1 atom stereocenters. The van der Waals surface area contributed by atoms with Crippen molar-refractivity contribution in [3.63, 3.8) is 0 Å². The molecule has 1 aromatic rings. The first kappa shape index (κ1) is 13.1. The highest BCUT2D eigenvalue weighted by Crippen LogP contribution is 2.33. The molecule has 2 rings (SSSR count). The molecule has 0 saturated heterocycles. The number of hydrogen-bond donors (Lipinski definition) is 2. The fourth-order valence-corrected chi connectivity index (χ4v) is 2.18. The third kappa shape index (κ3) is 4.49. The molecule has 1 saturated carbocycles. The summed E-state index contributed by atoms with van der Waals surface area (Å²) in [5, 5.41) is 12.2. The van der Waals surface area contributed by atoms with Crippen LogP contribution in [0.2, 0.25) is 0 Å². The molecule has 0 aromatic heterocycles. The molecule has 0 aliphatic heterocycles. The lowest BCUT2D eigenvalue weighted by Crippen LogP contribution is -2.25. The maximum atomic E-state index is 10.6. The van der Waals surface area contributed by atoms with Gasteiger partial charge in [0.05, 0.1) is 6.42 Å². The molecule has 1 aliphatic carbocycles. The van der Waals surface area contributed by atoms with Gasteiger partial charge in [-0.2, -0.15) is 0 Å². The number of benzene rings is 1. The van der Waals surface area contributed by atoms with Gasteiger partial charge in [-0.05, 0) is 30.4 Å². The van der Waals surface area contributed by atoms with E-state index in [0.717, 1.165) is 18.0 Å². The van der Waals surface area contributed by atoms with Crippen molar-refractivity contribution < 1.29 is 9.90 Å². The van der Waals surface area contributed by atoms with Crippen LogP contribution in [0.4, 0.5) is 0 Å². The fourth-order valence-electron chi connectivity index (χ4n) is 2.18. The second-order valence-electron chi connectivity index (χ2n) is 5.35. The van der Waals surface area contributed by atoms with E-state index in [4.69, 9.17) is 5.11 Å². The van der Waals surface area contributed by atoms with E-state index in [1.54, 1.807) is 0 Å². The van der Waals surface area contributed by atoms with Crippen LogP contribution in [0.3, 0.4) is 0 Å². The van der Waals surface area contributed by atoms with Gasteiger partial charge in [0.15, 0.2) is 0 Å². The number of rotatable bonds is 7. The van der Waals surface area contributed by atoms with Crippen molar-refractivity contribution in [2.45, 2.75) is 45.2 Å². The Morgan fingerprint density at radius 1 is 1.33 bits per heavy atom. The van der Waals surface area contributed by atoms with Crippen LogP contribution in [-0.4, -0.2) is 17.1 Å². The van der Waals surface area contributed by atoms with Crippen LogP contribution in [0.25, 0.3) is 0 Å². The van der Waals surface area contributed by atoms with E-state index in [9.17, 15) is 4.79 Å². The summed E-state index contributed by atoms with van der Waals surface area (Å²) in [6.45, 7) is 3.10. The molecule has 1 aliphatic rings. The Hall–Kier alpha value is -1.35. The molecular formula is C15H21NO2. The monoisotopic (exact) mass is 247 g/mol. The molecule has 3 nitrogen and oxygen atoms in total. The molecule has 0 amide bonds. The van der Waals surface area contributed by atoms with Gasteiger partial charge in [-0.3, -0.25) is 4.79 Å². The lowest BCUT2D eigenvalue weighted by molar-refractivity contribution is -0.136. The van der Waals surface area contributed by atoms with Crippen LogP contribution in [-0.2, 0) is 17.8 Å². The Morgan fingerprint density at radius 3 is 2.50 bits per heavy atom. The predicted molar refractivity (Wildman–Crippen MR) is 71.4 cm³/mol. The van der Waals surface area contributed by atoms with E-state index < -0.39 is 5.97 Å². The average molecular weight is 247 g/mol. The fraction of sp³-hybridized carbons (Fsp3) is 0.533. The van der Waals surface area contributed by atoms with Crippen molar-refractivity contribution in [2.24, 2.45) is 5.92 Å². The van der Waals surface area contributed by atoms with Crippen molar-refractivity contribution in [3.05, 3.63) is 35.4 Å². The van der Waals surface area contributed by atoms with Crippen molar-refractivity contribution in [3.8, 4) is 0 Å². The minimum absolute atomic E-state index is 0.103. The third-order valence-corrected chi connectivity index (χ3v) is 3.42. The number of carboxylic acid groups (broad SMARTS) is 1. The Kier molecular flexibility index (Phi) is 4.37. The number of carboxylic acids is 1. The van der Waals surface area contributed by atoms with Gasteiger partial charge in [-0.1, -0.05) is 37.1 Å². The summed E-state index contributed by atoms with van der Waals surface area (Å²) in [5.41, 5.74) is 2.07. The van der Waals surface area contributed by atoms with Crippen LogP contribution in [0.1, 0.15) is 37.3 Å². The van der Waals surface area contributed by atoms with E-state index in [1.165, 1.54) is 24.8 Å². The second-order valence-corrected chi connectivity index (χ2v) is 5.35. The first-order valence-corrected chi connectivity index (χ1v) is 6.66. The molecule has 3 heteroatoms. The van der Waals surface area contributed by atoms with E-state index in [0.29, 0.717) is 6.04 Å². The van der Waals surface area contributed by atoms with E-state index in [2.05, 4.69) is 12.2 Å². The lowest BCUT2D eigenvalue weighted by atomic mass is 10.1. The van der Waals surface area contributed by atoms with Gasteiger partial charge in [0, 0.05) is 12.6 Å². The van der Waals surface area contributed by atoms with Gasteiger partial charge in [-0.15, -0.1) is 0 Å². The highest BCUT2D eigenvalue weighted by Gasteiger charge is 2.23. The Morgan fingerprint density at radius 2 is 1.94 bits per heavy atom. The largest absolute Gasteiger partial charge is 0.481 e. The Bertz CT molecular complexity index is 395. The van der Waals surface area contributed by atoms with Crippen molar-refractivity contribution >= 4 is 5.97 Å². The summed E-state index contributed by atoms with van der Waals surface area (Å²) in [7, 11) is 0. The number of aliphatic carboxylic acids is 1. The number of carbonyl (C=O) groups is 1. The van der Waals surface area contributed by atoms with Crippen LogP contribution in [0.15, 0.2) is 24.3 Å². The van der Waals surface area contributed by atoms with Crippen molar-refractivity contribution in [1.82, 2.24) is 5.32 Å². The quantitative estimate of drug-likeness (QED) is 0.778. The Balaban J connectivity index is 1.76.